The molecule has 2 aliphatic rings. The van der Waals surface area contributed by atoms with Crippen LogP contribution in [0.25, 0.3) is 0 Å². The van der Waals surface area contributed by atoms with E-state index in [0.717, 1.165) is 51.8 Å². The quantitative estimate of drug-likeness (QED) is 0.274. The van der Waals surface area contributed by atoms with E-state index in [1.165, 1.54) is 32.1 Å². The third kappa shape index (κ3) is 7.56. The van der Waals surface area contributed by atoms with E-state index in [1.54, 1.807) is 7.11 Å². The summed E-state index contributed by atoms with van der Waals surface area (Å²) in [6.45, 7) is 7.73. The van der Waals surface area contributed by atoms with Crippen LogP contribution in [0.3, 0.4) is 0 Å². The lowest BCUT2D eigenvalue weighted by Crippen LogP contribution is -2.40. The van der Waals surface area contributed by atoms with Crippen LogP contribution in [0.4, 0.5) is 0 Å². The second-order valence-electron chi connectivity index (χ2n) is 6.42. The second-order valence-corrected chi connectivity index (χ2v) is 6.42. The first-order chi connectivity index (χ1) is 10.8. The molecule has 1 N–H and O–H groups in total. The van der Waals surface area contributed by atoms with E-state index in [2.05, 4.69) is 17.1 Å². The van der Waals surface area contributed by atoms with Crippen molar-refractivity contribution < 1.29 is 9.47 Å². The molecule has 2 fully saturated rings. The Morgan fingerprint density at radius 3 is 2.74 bits per heavy atom. The molecule has 1 atom stereocenters. The Balaban J connectivity index is 0.00000264. The maximum absolute atomic E-state index is 5.90. The third-order valence-corrected chi connectivity index (χ3v) is 4.54. The number of hydrogen-bond donors (Lipinski definition) is 1. The number of halogens is 1. The summed E-state index contributed by atoms with van der Waals surface area (Å²) in [6, 6.07) is 0. The standard InChI is InChI=1S/C17H33N3O2.HI/c1-3-18-17(20-11-9-15(13-20)14-21-2)19-10-6-12-22-16-7-4-5-8-16;/h15-16H,3-14H2,1-2H3,(H,18,19);1H. The Morgan fingerprint density at radius 2 is 2.04 bits per heavy atom. The maximum Gasteiger partial charge on any atom is 0.193 e. The topological polar surface area (TPSA) is 46.1 Å². The van der Waals surface area contributed by atoms with Gasteiger partial charge in [0.15, 0.2) is 5.96 Å². The van der Waals surface area contributed by atoms with E-state index >= 15 is 0 Å². The van der Waals surface area contributed by atoms with Crippen LogP contribution in [0, 0.1) is 5.92 Å². The first kappa shape index (κ1) is 21.0. The van der Waals surface area contributed by atoms with Crippen molar-refractivity contribution in [1.29, 1.82) is 0 Å². The van der Waals surface area contributed by atoms with Crippen molar-refractivity contribution >= 4 is 29.9 Å². The summed E-state index contributed by atoms with van der Waals surface area (Å²) in [6.07, 6.45) is 7.91. The molecule has 23 heavy (non-hydrogen) atoms. The summed E-state index contributed by atoms with van der Waals surface area (Å²) in [4.78, 5) is 7.13. The van der Waals surface area contributed by atoms with E-state index in [1.807, 2.05) is 0 Å². The lowest BCUT2D eigenvalue weighted by atomic mass is 10.1. The number of aliphatic imine (C=N–C) groups is 1. The highest BCUT2D eigenvalue weighted by Crippen LogP contribution is 2.21. The minimum absolute atomic E-state index is 0. The molecule has 1 aliphatic heterocycles. The third-order valence-electron chi connectivity index (χ3n) is 4.54. The fourth-order valence-corrected chi connectivity index (χ4v) is 3.38. The largest absolute Gasteiger partial charge is 0.384 e. The number of ether oxygens (including phenoxy) is 2. The smallest absolute Gasteiger partial charge is 0.193 e. The molecule has 0 bridgehead atoms. The Labute approximate surface area is 158 Å². The van der Waals surface area contributed by atoms with Crippen molar-refractivity contribution in [2.75, 3.05) is 46.5 Å². The van der Waals surface area contributed by atoms with Gasteiger partial charge in [-0.05, 0) is 32.6 Å². The van der Waals surface area contributed by atoms with Gasteiger partial charge in [0, 0.05) is 45.8 Å². The number of likely N-dealkylation sites (tertiary alicyclic amines) is 1. The second kappa shape index (κ2) is 12.3. The van der Waals surface area contributed by atoms with Crippen LogP contribution in [0.15, 0.2) is 4.99 Å². The molecule has 0 aromatic carbocycles. The number of nitrogens with zero attached hydrogens (tertiary/aromatic N) is 2. The van der Waals surface area contributed by atoms with E-state index in [0.29, 0.717) is 12.0 Å². The molecule has 1 unspecified atom stereocenters. The number of nitrogens with one attached hydrogen (secondary N) is 1. The molecule has 1 heterocycles. The maximum atomic E-state index is 5.90. The minimum Gasteiger partial charge on any atom is -0.384 e. The monoisotopic (exact) mass is 439 g/mol. The van der Waals surface area contributed by atoms with Crippen LogP contribution < -0.4 is 5.32 Å². The van der Waals surface area contributed by atoms with Crippen LogP contribution in [0.1, 0.15) is 45.4 Å². The SMILES string of the molecule is CCNC(=NCCCOC1CCCC1)N1CCC(COC)C1.I. The van der Waals surface area contributed by atoms with Crippen molar-refractivity contribution in [1.82, 2.24) is 10.2 Å². The summed E-state index contributed by atoms with van der Waals surface area (Å²) in [5.74, 6) is 1.70. The molecule has 0 amide bonds. The average molecular weight is 439 g/mol. The molecule has 6 heteroatoms. The Morgan fingerprint density at radius 1 is 1.26 bits per heavy atom. The predicted octanol–water partition coefficient (Wildman–Crippen LogP) is 2.89. The van der Waals surface area contributed by atoms with Gasteiger partial charge in [0.2, 0.25) is 0 Å². The summed E-state index contributed by atoms with van der Waals surface area (Å²) in [5, 5.41) is 3.41. The highest BCUT2D eigenvalue weighted by molar-refractivity contribution is 14.0. The van der Waals surface area contributed by atoms with Gasteiger partial charge in [-0.3, -0.25) is 4.99 Å². The Bertz CT molecular complexity index is 336. The number of rotatable bonds is 8. The van der Waals surface area contributed by atoms with Gasteiger partial charge in [0.05, 0.1) is 12.7 Å². The first-order valence-corrected chi connectivity index (χ1v) is 8.97. The molecule has 1 saturated carbocycles. The van der Waals surface area contributed by atoms with Crippen molar-refractivity contribution in [3.05, 3.63) is 0 Å². The highest BCUT2D eigenvalue weighted by Gasteiger charge is 2.24. The highest BCUT2D eigenvalue weighted by atomic mass is 127. The Hall–Kier alpha value is -0.0800. The molecule has 0 aromatic rings. The normalized spacial score (nSPS) is 22.4. The van der Waals surface area contributed by atoms with Gasteiger partial charge in [-0.1, -0.05) is 12.8 Å². The lowest BCUT2D eigenvalue weighted by molar-refractivity contribution is 0.0579. The summed E-state index contributed by atoms with van der Waals surface area (Å²) >= 11 is 0. The molecule has 1 aliphatic carbocycles. The first-order valence-electron chi connectivity index (χ1n) is 8.97. The van der Waals surface area contributed by atoms with Crippen molar-refractivity contribution in [3.63, 3.8) is 0 Å². The molecular formula is C17H34IN3O2. The van der Waals surface area contributed by atoms with Crippen LogP contribution in [-0.4, -0.2) is 63.5 Å². The van der Waals surface area contributed by atoms with Gasteiger partial charge in [-0.25, -0.2) is 0 Å². The number of guanidine groups is 1. The van der Waals surface area contributed by atoms with Gasteiger partial charge in [0.25, 0.3) is 0 Å². The lowest BCUT2D eigenvalue weighted by Gasteiger charge is -2.21. The summed E-state index contributed by atoms with van der Waals surface area (Å²) < 4.78 is 11.2. The molecular weight excluding hydrogens is 405 g/mol. The minimum atomic E-state index is 0. The van der Waals surface area contributed by atoms with Gasteiger partial charge >= 0.3 is 0 Å². The van der Waals surface area contributed by atoms with Crippen molar-refractivity contribution in [2.24, 2.45) is 10.9 Å². The predicted molar refractivity (Wildman–Crippen MR) is 106 cm³/mol. The van der Waals surface area contributed by atoms with Crippen LogP contribution in [0.5, 0.6) is 0 Å². The van der Waals surface area contributed by atoms with Gasteiger partial charge < -0.3 is 19.7 Å². The van der Waals surface area contributed by atoms with Gasteiger partial charge in [-0.15, -0.1) is 24.0 Å². The number of hydrogen-bond acceptors (Lipinski definition) is 3. The molecule has 0 spiro atoms. The molecule has 136 valence electrons. The molecule has 1 saturated heterocycles. The summed E-state index contributed by atoms with van der Waals surface area (Å²) in [5.41, 5.74) is 0. The van der Waals surface area contributed by atoms with Crippen LogP contribution >= 0.6 is 24.0 Å². The number of methoxy groups -OCH3 is 1. The van der Waals surface area contributed by atoms with Gasteiger partial charge in [-0.2, -0.15) is 0 Å². The molecule has 5 nitrogen and oxygen atoms in total. The fraction of sp³-hybridized carbons (Fsp3) is 0.941. The Kier molecular flexibility index (Phi) is 11.2. The van der Waals surface area contributed by atoms with Crippen LogP contribution in [0.2, 0.25) is 0 Å². The van der Waals surface area contributed by atoms with Crippen molar-refractivity contribution in [3.8, 4) is 0 Å². The van der Waals surface area contributed by atoms with E-state index in [4.69, 9.17) is 14.5 Å². The van der Waals surface area contributed by atoms with E-state index in [9.17, 15) is 0 Å². The van der Waals surface area contributed by atoms with Crippen molar-refractivity contribution in [2.45, 2.75) is 51.6 Å². The zero-order valence-electron chi connectivity index (χ0n) is 14.8. The fourth-order valence-electron chi connectivity index (χ4n) is 3.38. The average Bonchev–Trinajstić information content (AvgIpc) is 3.18. The molecule has 2 rings (SSSR count). The molecule has 0 radical (unpaired) electrons. The van der Waals surface area contributed by atoms with E-state index < -0.39 is 0 Å². The van der Waals surface area contributed by atoms with Crippen LogP contribution in [-0.2, 0) is 9.47 Å². The van der Waals surface area contributed by atoms with E-state index in [-0.39, 0.29) is 24.0 Å². The zero-order chi connectivity index (χ0) is 15.6. The summed E-state index contributed by atoms with van der Waals surface area (Å²) in [7, 11) is 1.78. The zero-order valence-corrected chi connectivity index (χ0v) is 17.1. The van der Waals surface area contributed by atoms with Gasteiger partial charge in [0.1, 0.15) is 0 Å². The molecule has 0 aromatic heterocycles.